The molecule has 0 aromatic heterocycles. The summed E-state index contributed by atoms with van der Waals surface area (Å²) in [5.41, 5.74) is 9.68. The normalized spacial score (nSPS) is 21.3. The van der Waals surface area contributed by atoms with Gasteiger partial charge < -0.3 is 10.6 Å². The van der Waals surface area contributed by atoms with Crippen LogP contribution in [0.15, 0.2) is 24.3 Å². The molecule has 0 radical (unpaired) electrons. The summed E-state index contributed by atoms with van der Waals surface area (Å²) in [5, 5.41) is 0. The molecule has 80 valence electrons. The van der Waals surface area contributed by atoms with Gasteiger partial charge in [-0.1, -0.05) is 31.2 Å². The predicted molar refractivity (Wildman–Crippen MR) is 60.9 cm³/mol. The Bertz CT molecular complexity index is 387. The minimum atomic E-state index is -0.682. The molecule has 1 aliphatic heterocycles. The smallest absolute Gasteiger partial charge is 0.209 e. The van der Waals surface area contributed by atoms with Crippen LogP contribution >= 0.6 is 0 Å². The minimum Gasteiger partial charge on any atom is -0.667 e. The molecule has 0 unspecified atom stereocenters. The van der Waals surface area contributed by atoms with Crippen LogP contribution in [0.1, 0.15) is 19.4 Å². The van der Waals surface area contributed by atoms with Crippen molar-refractivity contribution in [3.63, 3.8) is 0 Å². The molecular weight excluding hydrogens is 188 g/mol. The molecule has 1 aromatic rings. The van der Waals surface area contributed by atoms with Crippen molar-refractivity contribution in [3.05, 3.63) is 35.6 Å². The number of carbonyl (C=O) groups is 1. The van der Waals surface area contributed by atoms with E-state index in [2.05, 4.69) is 0 Å². The Balaban J connectivity index is 2.38. The van der Waals surface area contributed by atoms with Crippen LogP contribution in [-0.4, -0.2) is 18.0 Å². The summed E-state index contributed by atoms with van der Waals surface area (Å²) in [7, 11) is 0. The first kappa shape index (κ1) is 10.2. The molecule has 3 heteroatoms. The van der Waals surface area contributed by atoms with Crippen LogP contribution in [0.2, 0.25) is 0 Å². The van der Waals surface area contributed by atoms with Crippen LogP contribution in [0, 0.1) is 0 Å². The maximum absolute atomic E-state index is 11.9. The lowest BCUT2D eigenvalue weighted by Gasteiger charge is -2.27. The number of hydrogen-bond acceptors (Lipinski definition) is 1. The average molecular weight is 203 g/mol. The molecule has 1 amide bonds. The Morgan fingerprint density at radius 2 is 2.20 bits per heavy atom. The molecule has 15 heavy (non-hydrogen) atoms. The Labute approximate surface area is 89.9 Å². The van der Waals surface area contributed by atoms with E-state index in [1.165, 1.54) is 5.56 Å². The molecule has 3 nitrogen and oxygen atoms in total. The van der Waals surface area contributed by atoms with Crippen molar-refractivity contribution < 1.29 is 4.79 Å². The van der Waals surface area contributed by atoms with Gasteiger partial charge in [-0.3, -0.25) is 4.79 Å². The number of nitrogens with zero attached hydrogens (tertiary/aromatic N) is 1. The van der Waals surface area contributed by atoms with Crippen molar-refractivity contribution >= 4 is 11.6 Å². The highest BCUT2D eigenvalue weighted by molar-refractivity contribution is 6.00. The lowest BCUT2D eigenvalue weighted by Crippen LogP contribution is -2.40. The number of para-hydroxylation sites is 1. The van der Waals surface area contributed by atoms with Gasteiger partial charge in [-0.2, -0.15) is 0 Å². The van der Waals surface area contributed by atoms with E-state index >= 15 is 0 Å². The first-order valence-corrected chi connectivity index (χ1v) is 5.23. The molecule has 1 N–H and O–H groups in total. The third kappa shape index (κ3) is 1.63. The number of hydrogen-bond donors (Lipinski definition) is 0. The van der Waals surface area contributed by atoms with E-state index in [0.717, 1.165) is 12.1 Å². The molecule has 1 heterocycles. The molecule has 0 saturated heterocycles. The molecule has 2 atom stereocenters. The molecular formula is C12H15N2O-. The third-order valence-electron chi connectivity index (χ3n) is 2.82. The number of nitrogens with one attached hydrogen (secondary N) is 1. The van der Waals surface area contributed by atoms with Gasteiger partial charge in [-0.25, -0.2) is 0 Å². The SMILES string of the molecule is C[C@H]([NH-])C(=O)N1c2ccccc2C[C@@H]1C. The zero-order valence-electron chi connectivity index (χ0n) is 9.03. The van der Waals surface area contributed by atoms with Crippen LogP contribution in [-0.2, 0) is 11.2 Å². The molecule has 0 aliphatic carbocycles. The van der Waals surface area contributed by atoms with Gasteiger partial charge in [0.05, 0.1) is 0 Å². The van der Waals surface area contributed by atoms with E-state index in [-0.39, 0.29) is 11.9 Å². The van der Waals surface area contributed by atoms with Gasteiger partial charge in [0.2, 0.25) is 5.91 Å². The van der Waals surface area contributed by atoms with Crippen LogP contribution in [0.25, 0.3) is 5.73 Å². The van der Waals surface area contributed by atoms with Gasteiger partial charge in [0.25, 0.3) is 0 Å². The van der Waals surface area contributed by atoms with Gasteiger partial charge in [-0.15, -0.1) is 0 Å². The van der Waals surface area contributed by atoms with E-state index in [1.807, 2.05) is 31.2 Å². The summed E-state index contributed by atoms with van der Waals surface area (Å²) >= 11 is 0. The lowest BCUT2D eigenvalue weighted by atomic mass is 10.1. The minimum absolute atomic E-state index is 0.104. The monoisotopic (exact) mass is 203 g/mol. The van der Waals surface area contributed by atoms with Crippen molar-refractivity contribution in [1.29, 1.82) is 0 Å². The number of anilines is 1. The summed E-state index contributed by atoms with van der Waals surface area (Å²) in [5.74, 6) is -0.104. The van der Waals surface area contributed by atoms with E-state index < -0.39 is 6.04 Å². The summed E-state index contributed by atoms with van der Waals surface area (Å²) in [6.07, 6.45) is 0.897. The number of rotatable bonds is 1. The van der Waals surface area contributed by atoms with Crippen molar-refractivity contribution in [2.24, 2.45) is 0 Å². The maximum atomic E-state index is 11.9. The van der Waals surface area contributed by atoms with E-state index in [4.69, 9.17) is 5.73 Å². The second-order valence-electron chi connectivity index (χ2n) is 4.11. The Morgan fingerprint density at radius 3 is 2.87 bits per heavy atom. The largest absolute Gasteiger partial charge is 0.667 e. The third-order valence-corrected chi connectivity index (χ3v) is 2.82. The molecule has 0 bridgehead atoms. The number of fused-ring (bicyclic) bond motifs is 1. The van der Waals surface area contributed by atoms with Crippen LogP contribution < -0.4 is 4.90 Å². The highest BCUT2D eigenvalue weighted by Gasteiger charge is 2.29. The van der Waals surface area contributed by atoms with Gasteiger partial charge in [0.15, 0.2) is 0 Å². The Morgan fingerprint density at radius 1 is 1.53 bits per heavy atom. The highest BCUT2D eigenvalue weighted by Crippen LogP contribution is 2.32. The van der Waals surface area contributed by atoms with E-state index in [9.17, 15) is 4.79 Å². The summed E-state index contributed by atoms with van der Waals surface area (Å²) in [6, 6.07) is 7.43. The van der Waals surface area contributed by atoms with Gasteiger partial charge in [0.1, 0.15) is 0 Å². The summed E-state index contributed by atoms with van der Waals surface area (Å²) < 4.78 is 0. The van der Waals surface area contributed by atoms with Crippen molar-refractivity contribution in [2.45, 2.75) is 32.4 Å². The average Bonchev–Trinajstić information content (AvgIpc) is 2.52. The first-order valence-electron chi connectivity index (χ1n) is 5.23. The topological polar surface area (TPSA) is 44.1 Å². The fourth-order valence-corrected chi connectivity index (χ4v) is 2.11. The fourth-order valence-electron chi connectivity index (χ4n) is 2.11. The number of benzene rings is 1. The maximum Gasteiger partial charge on any atom is 0.209 e. The van der Waals surface area contributed by atoms with Crippen molar-refractivity contribution in [1.82, 2.24) is 0 Å². The van der Waals surface area contributed by atoms with Crippen molar-refractivity contribution in [2.75, 3.05) is 4.90 Å². The molecule has 0 fully saturated rings. The second kappa shape index (κ2) is 3.66. The van der Waals surface area contributed by atoms with Crippen LogP contribution in [0.4, 0.5) is 5.69 Å². The zero-order chi connectivity index (χ0) is 11.0. The standard InChI is InChI=1S/C12H15N2O/c1-8-7-10-5-3-4-6-11(10)14(8)12(15)9(2)13/h3-6,8-9,13H,7H2,1-2H3/q-1/t8-,9-/m0/s1. The number of carbonyl (C=O) groups excluding carboxylic acids is 1. The van der Waals surface area contributed by atoms with Crippen molar-refractivity contribution in [3.8, 4) is 0 Å². The van der Waals surface area contributed by atoms with Crippen LogP contribution in [0.3, 0.4) is 0 Å². The second-order valence-corrected chi connectivity index (χ2v) is 4.11. The molecule has 1 aliphatic rings. The quantitative estimate of drug-likeness (QED) is 0.691. The Hall–Kier alpha value is -1.35. The number of amides is 1. The zero-order valence-corrected chi connectivity index (χ0v) is 9.03. The van der Waals surface area contributed by atoms with Crippen LogP contribution in [0.5, 0.6) is 0 Å². The van der Waals surface area contributed by atoms with E-state index in [0.29, 0.717) is 0 Å². The van der Waals surface area contributed by atoms with Gasteiger partial charge >= 0.3 is 0 Å². The summed E-state index contributed by atoms with van der Waals surface area (Å²) in [6.45, 7) is 3.65. The molecule has 1 aromatic carbocycles. The van der Waals surface area contributed by atoms with Gasteiger partial charge in [0, 0.05) is 11.7 Å². The fraction of sp³-hybridized carbons (Fsp3) is 0.417. The molecule has 0 saturated carbocycles. The first-order chi connectivity index (χ1) is 7.11. The van der Waals surface area contributed by atoms with Gasteiger partial charge in [-0.05, 0) is 25.0 Å². The molecule has 2 rings (SSSR count). The Kier molecular flexibility index (Phi) is 2.49. The predicted octanol–water partition coefficient (Wildman–Crippen LogP) is 2.40. The summed E-state index contributed by atoms with van der Waals surface area (Å²) in [4.78, 5) is 13.6. The van der Waals surface area contributed by atoms with E-state index in [1.54, 1.807) is 11.8 Å². The lowest BCUT2D eigenvalue weighted by molar-refractivity contribution is -0.118. The molecule has 0 spiro atoms. The highest BCUT2D eigenvalue weighted by atomic mass is 16.2.